The fourth-order valence-corrected chi connectivity index (χ4v) is 4.48. The summed E-state index contributed by atoms with van der Waals surface area (Å²) in [6, 6.07) is 25.5. The molecule has 1 fully saturated rings. The number of benzene rings is 3. The van der Waals surface area contributed by atoms with Gasteiger partial charge in [0.2, 0.25) is 0 Å². The monoisotopic (exact) mass is 396 g/mol. The van der Waals surface area contributed by atoms with Crippen molar-refractivity contribution in [3.63, 3.8) is 0 Å². The number of piperidine rings is 1. The number of aromatic nitrogens is 1. The number of nitrogens with one attached hydrogen (secondary N) is 1. The van der Waals surface area contributed by atoms with Crippen molar-refractivity contribution in [3.05, 3.63) is 95.7 Å². The van der Waals surface area contributed by atoms with Crippen LogP contribution >= 0.6 is 0 Å². The first-order valence-corrected chi connectivity index (χ1v) is 10.9. The van der Waals surface area contributed by atoms with Gasteiger partial charge >= 0.3 is 0 Å². The standard InChI is InChI=1S/C27H28N2O/c1-20-7-9-24(10-8-20)30-25-11-12-27-26(17-25)23(18-28-27)19-29-15-13-22(14-16-29)21-5-3-2-4-6-21/h2-12,17-18,22,28H,13-16,19H2,1H3. The van der Waals surface area contributed by atoms with Crippen LogP contribution in [-0.2, 0) is 6.54 Å². The quantitative estimate of drug-likeness (QED) is 0.409. The summed E-state index contributed by atoms with van der Waals surface area (Å²) >= 11 is 0. The van der Waals surface area contributed by atoms with E-state index < -0.39 is 0 Å². The molecule has 0 unspecified atom stereocenters. The van der Waals surface area contributed by atoms with E-state index in [9.17, 15) is 0 Å². The lowest BCUT2D eigenvalue weighted by Crippen LogP contribution is -2.32. The van der Waals surface area contributed by atoms with Crippen LogP contribution in [-0.4, -0.2) is 23.0 Å². The second kappa shape index (κ2) is 8.37. The molecule has 0 atom stereocenters. The van der Waals surface area contributed by atoms with Gasteiger partial charge in [-0.25, -0.2) is 0 Å². The van der Waals surface area contributed by atoms with Gasteiger partial charge in [-0.3, -0.25) is 4.90 Å². The van der Waals surface area contributed by atoms with Crippen LogP contribution in [0, 0.1) is 6.92 Å². The highest BCUT2D eigenvalue weighted by molar-refractivity contribution is 5.84. The molecule has 1 aromatic heterocycles. The molecule has 2 heterocycles. The lowest BCUT2D eigenvalue weighted by atomic mass is 9.89. The topological polar surface area (TPSA) is 28.3 Å². The van der Waals surface area contributed by atoms with Crippen molar-refractivity contribution in [2.24, 2.45) is 0 Å². The van der Waals surface area contributed by atoms with Crippen molar-refractivity contribution < 1.29 is 4.74 Å². The van der Waals surface area contributed by atoms with Crippen LogP contribution in [0.1, 0.15) is 35.4 Å². The van der Waals surface area contributed by atoms with Gasteiger partial charge in [0, 0.05) is 23.6 Å². The zero-order valence-corrected chi connectivity index (χ0v) is 17.5. The lowest BCUT2D eigenvalue weighted by Gasteiger charge is -2.32. The predicted molar refractivity (Wildman–Crippen MR) is 123 cm³/mol. The number of likely N-dealkylation sites (tertiary alicyclic amines) is 1. The number of hydrogen-bond donors (Lipinski definition) is 1. The first-order valence-electron chi connectivity index (χ1n) is 10.9. The van der Waals surface area contributed by atoms with Crippen LogP contribution in [0.25, 0.3) is 10.9 Å². The Morgan fingerprint density at radius 1 is 0.900 bits per heavy atom. The number of aromatic amines is 1. The second-order valence-corrected chi connectivity index (χ2v) is 8.40. The number of rotatable bonds is 5. The maximum absolute atomic E-state index is 6.09. The van der Waals surface area contributed by atoms with Crippen LogP contribution in [0.15, 0.2) is 79.0 Å². The fraction of sp³-hybridized carbons (Fsp3) is 0.259. The van der Waals surface area contributed by atoms with E-state index in [2.05, 4.69) is 77.6 Å². The van der Waals surface area contributed by atoms with Gasteiger partial charge in [-0.1, -0.05) is 48.0 Å². The molecule has 1 aliphatic heterocycles. The molecule has 4 aromatic rings. The molecule has 152 valence electrons. The number of H-pyrrole nitrogens is 1. The molecule has 0 aliphatic carbocycles. The number of nitrogens with zero attached hydrogens (tertiary/aromatic N) is 1. The van der Waals surface area contributed by atoms with Crippen LogP contribution in [0.4, 0.5) is 0 Å². The third kappa shape index (κ3) is 4.12. The first-order chi connectivity index (χ1) is 14.7. The molecule has 1 N–H and O–H groups in total. The minimum Gasteiger partial charge on any atom is -0.457 e. The highest BCUT2D eigenvalue weighted by Crippen LogP contribution is 2.31. The lowest BCUT2D eigenvalue weighted by molar-refractivity contribution is 0.205. The van der Waals surface area contributed by atoms with Crippen molar-refractivity contribution in [1.82, 2.24) is 9.88 Å². The van der Waals surface area contributed by atoms with E-state index in [4.69, 9.17) is 4.74 Å². The van der Waals surface area contributed by atoms with E-state index in [1.165, 1.54) is 40.4 Å². The van der Waals surface area contributed by atoms with Crippen LogP contribution in [0.2, 0.25) is 0 Å². The van der Waals surface area contributed by atoms with Crippen molar-refractivity contribution >= 4 is 10.9 Å². The molecule has 0 bridgehead atoms. The Labute approximate surface area is 178 Å². The van der Waals surface area contributed by atoms with Crippen molar-refractivity contribution in [1.29, 1.82) is 0 Å². The van der Waals surface area contributed by atoms with Gasteiger partial charge < -0.3 is 9.72 Å². The van der Waals surface area contributed by atoms with Crippen molar-refractivity contribution in [2.75, 3.05) is 13.1 Å². The third-order valence-electron chi connectivity index (χ3n) is 6.25. The summed E-state index contributed by atoms with van der Waals surface area (Å²) in [5.74, 6) is 2.45. The van der Waals surface area contributed by atoms with Crippen LogP contribution in [0.3, 0.4) is 0 Å². The van der Waals surface area contributed by atoms with Gasteiger partial charge in [0.05, 0.1) is 0 Å². The minimum absolute atomic E-state index is 0.694. The normalized spacial score (nSPS) is 15.5. The molecule has 3 aromatic carbocycles. The van der Waals surface area contributed by atoms with E-state index in [0.717, 1.165) is 31.1 Å². The Hall–Kier alpha value is -3.04. The molecule has 5 rings (SSSR count). The van der Waals surface area contributed by atoms with Crippen molar-refractivity contribution in [3.8, 4) is 11.5 Å². The Kier molecular flexibility index (Phi) is 5.29. The molecular weight excluding hydrogens is 368 g/mol. The Morgan fingerprint density at radius 3 is 2.40 bits per heavy atom. The zero-order valence-electron chi connectivity index (χ0n) is 17.5. The molecule has 3 heteroatoms. The Bertz CT molecular complexity index is 1110. The number of aryl methyl sites for hydroxylation is 1. The number of hydrogen-bond acceptors (Lipinski definition) is 2. The summed E-state index contributed by atoms with van der Waals surface area (Å²) in [6.45, 7) is 5.36. The van der Waals surface area contributed by atoms with Crippen LogP contribution in [0.5, 0.6) is 11.5 Å². The second-order valence-electron chi connectivity index (χ2n) is 8.40. The molecule has 1 saturated heterocycles. The molecule has 30 heavy (non-hydrogen) atoms. The summed E-state index contributed by atoms with van der Waals surface area (Å²) in [5, 5.41) is 1.25. The molecule has 3 nitrogen and oxygen atoms in total. The summed E-state index contributed by atoms with van der Waals surface area (Å²) in [5.41, 5.74) is 5.24. The van der Waals surface area contributed by atoms with Gasteiger partial charge in [0.25, 0.3) is 0 Å². The SMILES string of the molecule is Cc1ccc(Oc2ccc3[nH]cc(CN4CCC(c5ccccc5)CC4)c3c2)cc1. The summed E-state index contributed by atoms with van der Waals surface area (Å²) in [6.07, 6.45) is 4.62. The van der Waals surface area contributed by atoms with Gasteiger partial charge in [-0.2, -0.15) is 0 Å². The molecule has 1 aliphatic rings. The minimum atomic E-state index is 0.694. The first kappa shape index (κ1) is 19.0. The highest BCUT2D eigenvalue weighted by Gasteiger charge is 2.21. The average molecular weight is 397 g/mol. The van der Waals surface area contributed by atoms with Gasteiger partial charge in [0.1, 0.15) is 11.5 Å². The van der Waals surface area contributed by atoms with E-state index in [0.29, 0.717) is 5.92 Å². The number of fused-ring (bicyclic) bond motifs is 1. The maximum atomic E-state index is 6.09. The Balaban J connectivity index is 1.27. The van der Waals surface area contributed by atoms with E-state index >= 15 is 0 Å². The smallest absolute Gasteiger partial charge is 0.128 e. The van der Waals surface area contributed by atoms with Gasteiger partial charge in [0.15, 0.2) is 0 Å². The van der Waals surface area contributed by atoms with Crippen LogP contribution < -0.4 is 4.74 Å². The zero-order chi connectivity index (χ0) is 20.3. The third-order valence-corrected chi connectivity index (χ3v) is 6.25. The Morgan fingerprint density at radius 2 is 1.63 bits per heavy atom. The number of ether oxygens (including phenoxy) is 1. The predicted octanol–water partition coefficient (Wildman–Crippen LogP) is 6.65. The largest absolute Gasteiger partial charge is 0.457 e. The highest BCUT2D eigenvalue weighted by atomic mass is 16.5. The molecule has 0 saturated carbocycles. The van der Waals surface area contributed by atoms with E-state index in [1.54, 1.807) is 0 Å². The summed E-state index contributed by atoms with van der Waals surface area (Å²) in [7, 11) is 0. The van der Waals surface area contributed by atoms with E-state index in [-0.39, 0.29) is 0 Å². The molecular formula is C27H28N2O. The fourth-order valence-electron chi connectivity index (χ4n) is 4.48. The average Bonchev–Trinajstić information content (AvgIpc) is 3.18. The summed E-state index contributed by atoms with van der Waals surface area (Å²) < 4.78 is 6.09. The molecule has 0 radical (unpaired) electrons. The van der Waals surface area contributed by atoms with Gasteiger partial charge in [-0.15, -0.1) is 0 Å². The molecule has 0 amide bonds. The van der Waals surface area contributed by atoms with Gasteiger partial charge in [-0.05, 0) is 80.2 Å². The molecule has 0 spiro atoms. The summed E-state index contributed by atoms with van der Waals surface area (Å²) in [4.78, 5) is 6.01. The van der Waals surface area contributed by atoms with E-state index in [1.807, 2.05) is 18.2 Å². The maximum Gasteiger partial charge on any atom is 0.128 e. The van der Waals surface area contributed by atoms with Crippen molar-refractivity contribution in [2.45, 2.75) is 32.2 Å².